The molecule has 0 spiro atoms. The van der Waals surface area contributed by atoms with Crippen molar-refractivity contribution in [2.75, 3.05) is 6.61 Å². The second-order valence-corrected chi connectivity index (χ2v) is 4.39. The largest absolute Gasteiger partial charge is 0.466 e. The summed E-state index contributed by atoms with van der Waals surface area (Å²) >= 11 is 1.46. The molecule has 5 heteroatoms. The molecule has 90 valence electrons. The minimum Gasteiger partial charge on any atom is -0.466 e. The van der Waals surface area contributed by atoms with Gasteiger partial charge >= 0.3 is 5.97 Å². The van der Waals surface area contributed by atoms with Gasteiger partial charge in [-0.1, -0.05) is 0 Å². The third-order valence-corrected chi connectivity index (χ3v) is 3.04. The molecule has 0 atom stereocenters. The van der Waals surface area contributed by atoms with Crippen LogP contribution in [0.5, 0.6) is 0 Å². The van der Waals surface area contributed by atoms with Crippen molar-refractivity contribution in [3.8, 4) is 10.8 Å². The van der Waals surface area contributed by atoms with Crippen LogP contribution in [0.2, 0.25) is 0 Å². The zero-order valence-electron chi connectivity index (χ0n) is 9.73. The molecule has 0 saturated carbocycles. The van der Waals surface area contributed by atoms with E-state index >= 15 is 0 Å². The van der Waals surface area contributed by atoms with Gasteiger partial charge in [-0.25, -0.2) is 4.98 Å². The van der Waals surface area contributed by atoms with Crippen LogP contribution in [-0.4, -0.2) is 17.6 Å². The molecule has 0 fully saturated rings. The molecule has 0 aliphatic rings. The Kier molecular flexibility index (Phi) is 3.58. The number of nitrogens with zero attached hydrogens (tertiary/aromatic N) is 1. The number of carbonyl (C=O) groups is 1. The lowest BCUT2D eigenvalue weighted by Crippen LogP contribution is -2.07. The first-order valence-corrected chi connectivity index (χ1v) is 6.24. The SMILES string of the molecule is CCOC(=O)Cc1csc(-c2ccc(C)o2)n1. The molecule has 0 aliphatic carbocycles. The van der Waals surface area contributed by atoms with Gasteiger partial charge in [-0.3, -0.25) is 4.79 Å². The van der Waals surface area contributed by atoms with Gasteiger partial charge in [-0.05, 0) is 26.0 Å². The van der Waals surface area contributed by atoms with Crippen LogP contribution in [-0.2, 0) is 16.0 Å². The minimum absolute atomic E-state index is 0.212. The van der Waals surface area contributed by atoms with Crippen molar-refractivity contribution in [2.24, 2.45) is 0 Å². The summed E-state index contributed by atoms with van der Waals surface area (Å²) in [6, 6.07) is 3.77. The van der Waals surface area contributed by atoms with Gasteiger partial charge in [0.15, 0.2) is 10.8 Å². The molecule has 17 heavy (non-hydrogen) atoms. The Morgan fingerprint density at radius 1 is 1.53 bits per heavy atom. The van der Waals surface area contributed by atoms with E-state index in [4.69, 9.17) is 9.15 Å². The Labute approximate surface area is 103 Å². The van der Waals surface area contributed by atoms with E-state index < -0.39 is 0 Å². The van der Waals surface area contributed by atoms with Crippen molar-refractivity contribution in [3.63, 3.8) is 0 Å². The van der Waals surface area contributed by atoms with E-state index in [1.807, 2.05) is 24.4 Å². The van der Waals surface area contributed by atoms with Crippen molar-refractivity contribution in [2.45, 2.75) is 20.3 Å². The molecular formula is C12H13NO3S. The predicted octanol–water partition coefficient (Wildman–Crippen LogP) is 2.82. The number of esters is 1. The Balaban J connectivity index is 2.08. The molecule has 2 aromatic heterocycles. The first kappa shape index (κ1) is 11.9. The van der Waals surface area contributed by atoms with Crippen LogP contribution < -0.4 is 0 Å². The third kappa shape index (κ3) is 2.94. The first-order chi connectivity index (χ1) is 8.19. The van der Waals surface area contributed by atoms with E-state index in [1.54, 1.807) is 6.92 Å². The van der Waals surface area contributed by atoms with Crippen molar-refractivity contribution < 1.29 is 13.9 Å². The van der Waals surface area contributed by atoms with Crippen molar-refractivity contribution in [3.05, 3.63) is 29.0 Å². The number of carbonyl (C=O) groups excluding carboxylic acids is 1. The maximum atomic E-state index is 11.3. The van der Waals surface area contributed by atoms with E-state index in [1.165, 1.54) is 11.3 Å². The average Bonchev–Trinajstić information content (AvgIpc) is 2.87. The van der Waals surface area contributed by atoms with Crippen LogP contribution in [0.25, 0.3) is 10.8 Å². The van der Waals surface area contributed by atoms with Gasteiger partial charge in [0.25, 0.3) is 0 Å². The molecule has 0 saturated heterocycles. The fourth-order valence-corrected chi connectivity index (χ4v) is 2.19. The smallest absolute Gasteiger partial charge is 0.311 e. The fraction of sp³-hybridized carbons (Fsp3) is 0.333. The maximum absolute atomic E-state index is 11.3. The number of thiazole rings is 1. The topological polar surface area (TPSA) is 52.3 Å². The lowest BCUT2D eigenvalue weighted by molar-refractivity contribution is -0.142. The zero-order valence-corrected chi connectivity index (χ0v) is 10.5. The summed E-state index contributed by atoms with van der Waals surface area (Å²) in [6.45, 7) is 4.07. The molecule has 4 nitrogen and oxygen atoms in total. The predicted molar refractivity (Wildman–Crippen MR) is 64.9 cm³/mol. The van der Waals surface area contributed by atoms with Crippen molar-refractivity contribution in [1.29, 1.82) is 0 Å². The van der Waals surface area contributed by atoms with Gasteiger partial charge in [0, 0.05) is 5.38 Å². The van der Waals surface area contributed by atoms with E-state index in [0.29, 0.717) is 6.61 Å². The van der Waals surface area contributed by atoms with Crippen molar-refractivity contribution >= 4 is 17.3 Å². The molecule has 2 rings (SSSR count). The van der Waals surface area contributed by atoms with Gasteiger partial charge in [-0.2, -0.15) is 0 Å². The summed E-state index contributed by atoms with van der Waals surface area (Å²) < 4.78 is 10.3. The number of rotatable bonds is 4. The fourth-order valence-electron chi connectivity index (χ4n) is 1.41. The summed E-state index contributed by atoms with van der Waals surface area (Å²) in [5.74, 6) is 1.34. The second-order valence-electron chi connectivity index (χ2n) is 3.54. The van der Waals surface area contributed by atoms with Crippen LogP contribution >= 0.6 is 11.3 Å². The Morgan fingerprint density at radius 2 is 2.35 bits per heavy atom. The van der Waals surface area contributed by atoms with Gasteiger partial charge in [0.1, 0.15) is 5.76 Å². The van der Waals surface area contributed by atoms with Crippen LogP contribution in [0.4, 0.5) is 0 Å². The minimum atomic E-state index is -0.250. The molecule has 0 aliphatic heterocycles. The standard InChI is InChI=1S/C12H13NO3S/c1-3-15-11(14)6-9-7-17-12(13-9)10-5-4-8(2)16-10/h4-5,7H,3,6H2,1-2H3. The number of hydrogen-bond donors (Lipinski definition) is 0. The molecule has 2 aromatic rings. The lowest BCUT2D eigenvalue weighted by Gasteiger charge is -1.97. The molecule has 0 radical (unpaired) electrons. The van der Waals surface area contributed by atoms with Crippen LogP contribution in [0.1, 0.15) is 18.4 Å². The lowest BCUT2D eigenvalue weighted by atomic mass is 10.3. The summed E-state index contributed by atoms with van der Waals surface area (Å²) in [7, 11) is 0. The summed E-state index contributed by atoms with van der Waals surface area (Å²) in [5, 5.41) is 2.64. The Morgan fingerprint density at radius 3 is 3.00 bits per heavy atom. The number of aromatic nitrogens is 1. The molecule has 0 aromatic carbocycles. The number of furan rings is 1. The van der Waals surface area contributed by atoms with Crippen LogP contribution in [0, 0.1) is 6.92 Å². The second kappa shape index (κ2) is 5.14. The van der Waals surface area contributed by atoms with E-state index in [2.05, 4.69) is 4.98 Å². The van der Waals surface area contributed by atoms with Gasteiger partial charge in [0.2, 0.25) is 0 Å². The summed E-state index contributed by atoms with van der Waals surface area (Å²) in [5.41, 5.74) is 0.720. The number of aryl methyl sites for hydroxylation is 1. The highest BCUT2D eigenvalue weighted by Crippen LogP contribution is 2.25. The molecular weight excluding hydrogens is 238 g/mol. The maximum Gasteiger partial charge on any atom is 0.311 e. The quantitative estimate of drug-likeness (QED) is 0.784. The highest BCUT2D eigenvalue weighted by molar-refractivity contribution is 7.13. The number of ether oxygens (including phenoxy) is 1. The highest BCUT2D eigenvalue weighted by Gasteiger charge is 2.11. The van der Waals surface area contributed by atoms with E-state index in [9.17, 15) is 4.79 Å². The van der Waals surface area contributed by atoms with Gasteiger partial charge in [0.05, 0.1) is 18.7 Å². The Bertz CT molecular complexity index is 515. The normalized spacial score (nSPS) is 10.5. The van der Waals surface area contributed by atoms with Crippen molar-refractivity contribution in [1.82, 2.24) is 4.98 Å². The monoisotopic (exact) mass is 251 g/mol. The van der Waals surface area contributed by atoms with E-state index in [0.717, 1.165) is 22.2 Å². The van der Waals surface area contributed by atoms with Crippen LogP contribution in [0.3, 0.4) is 0 Å². The summed E-state index contributed by atoms with van der Waals surface area (Å²) in [4.78, 5) is 15.6. The molecule has 0 amide bonds. The third-order valence-electron chi connectivity index (χ3n) is 2.13. The van der Waals surface area contributed by atoms with E-state index in [-0.39, 0.29) is 12.4 Å². The molecule has 2 heterocycles. The van der Waals surface area contributed by atoms with Gasteiger partial charge in [-0.15, -0.1) is 11.3 Å². The molecule has 0 unspecified atom stereocenters. The average molecular weight is 251 g/mol. The molecule has 0 bridgehead atoms. The first-order valence-electron chi connectivity index (χ1n) is 5.36. The summed E-state index contributed by atoms with van der Waals surface area (Å²) in [6.07, 6.45) is 0.212. The van der Waals surface area contributed by atoms with Gasteiger partial charge < -0.3 is 9.15 Å². The number of hydrogen-bond acceptors (Lipinski definition) is 5. The Hall–Kier alpha value is -1.62. The molecule has 0 N–H and O–H groups in total. The zero-order chi connectivity index (χ0) is 12.3. The van der Waals surface area contributed by atoms with Crippen LogP contribution in [0.15, 0.2) is 21.9 Å². The highest BCUT2D eigenvalue weighted by atomic mass is 32.1.